The van der Waals surface area contributed by atoms with Gasteiger partial charge in [0.2, 0.25) is 0 Å². The zero-order chi connectivity index (χ0) is 22.6. The summed E-state index contributed by atoms with van der Waals surface area (Å²) >= 11 is 3.50. The maximum Gasteiger partial charge on any atom is 0.410 e. The summed E-state index contributed by atoms with van der Waals surface area (Å²) in [4.78, 5) is 14.0. The van der Waals surface area contributed by atoms with Gasteiger partial charge >= 0.3 is 6.09 Å². The number of hydrogen-bond donors (Lipinski definition) is 1. The van der Waals surface area contributed by atoms with E-state index in [0.717, 1.165) is 55.6 Å². The van der Waals surface area contributed by atoms with Gasteiger partial charge in [0, 0.05) is 45.2 Å². The molecule has 0 aromatic heterocycles. The van der Waals surface area contributed by atoms with E-state index in [1.54, 1.807) is 17.0 Å². The van der Waals surface area contributed by atoms with Gasteiger partial charge in [0.15, 0.2) is 6.29 Å². The molecule has 2 fully saturated rings. The molecule has 0 bridgehead atoms. The van der Waals surface area contributed by atoms with Crippen molar-refractivity contribution in [1.82, 2.24) is 4.90 Å². The third-order valence-corrected chi connectivity index (χ3v) is 6.26. The first-order valence-electron chi connectivity index (χ1n) is 10.9. The molecule has 1 amide bonds. The highest BCUT2D eigenvalue weighted by Gasteiger charge is 2.33. The number of carbonyl (C=O) groups excluding carboxylic acids is 1. The number of carbonyl (C=O) groups is 1. The minimum Gasteiger partial charge on any atom is -0.489 e. The minimum absolute atomic E-state index is 0.133. The fourth-order valence-electron chi connectivity index (χ4n) is 3.71. The predicted molar refractivity (Wildman–Crippen MR) is 120 cm³/mol. The number of nitrogens with zero attached hydrogens (tertiary/aromatic N) is 1. The molecule has 1 N–H and O–H groups in total. The molecule has 1 heterocycles. The summed E-state index contributed by atoms with van der Waals surface area (Å²) in [6.07, 6.45) is 2.81. The summed E-state index contributed by atoms with van der Waals surface area (Å²) in [6.45, 7) is 7.84. The lowest BCUT2D eigenvalue weighted by Crippen LogP contribution is -2.43. The monoisotopic (exact) mass is 499 g/mol. The molecule has 8 heteroatoms. The highest BCUT2D eigenvalue weighted by atomic mass is 79.9. The van der Waals surface area contributed by atoms with Gasteiger partial charge in [-0.3, -0.25) is 0 Å². The van der Waals surface area contributed by atoms with Crippen LogP contribution in [0.4, 0.5) is 4.79 Å². The lowest BCUT2D eigenvalue weighted by atomic mass is 9.91. The molecule has 1 saturated heterocycles. The quantitative estimate of drug-likeness (QED) is 0.549. The van der Waals surface area contributed by atoms with E-state index in [4.69, 9.17) is 18.9 Å². The molecular weight excluding hydrogens is 466 g/mol. The van der Waals surface area contributed by atoms with Gasteiger partial charge in [0.1, 0.15) is 17.5 Å². The molecule has 1 saturated carbocycles. The van der Waals surface area contributed by atoms with Crippen LogP contribution in [0.1, 0.15) is 58.3 Å². The molecule has 1 aromatic carbocycles. The third-order valence-electron chi connectivity index (χ3n) is 5.64. The van der Waals surface area contributed by atoms with Crippen LogP contribution in [0.2, 0.25) is 0 Å². The minimum atomic E-state index is -0.942. The van der Waals surface area contributed by atoms with Gasteiger partial charge in [-0.15, -0.1) is 0 Å². The Balaban J connectivity index is 1.33. The number of aliphatic hydroxyl groups excluding tert-OH is 1. The molecule has 0 radical (unpaired) electrons. The van der Waals surface area contributed by atoms with Gasteiger partial charge in [-0.1, -0.05) is 6.07 Å². The normalized spacial score (nSPS) is 23.2. The van der Waals surface area contributed by atoms with E-state index < -0.39 is 11.9 Å². The van der Waals surface area contributed by atoms with Gasteiger partial charge in [-0.25, -0.2) is 4.79 Å². The fraction of sp³-hybridized carbons (Fsp3) is 0.696. The van der Waals surface area contributed by atoms with Crippen LogP contribution in [0.3, 0.4) is 0 Å². The fourth-order valence-corrected chi connectivity index (χ4v) is 4.20. The Kier molecular flexibility index (Phi) is 8.24. The molecule has 1 aromatic rings. The first-order valence-corrected chi connectivity index (χ1v) is 11.7. The summed E-state index contributed by atoms with van der Waals surface area (Å²) in [5.41, 5.74) is 0.220. The number of halogens is 1. The van der Waals surface area contributed by atoms with Crippen LogP contribution in [0.5, 0.6) is 5.75 Å². The van der Waals surface area contributed by atoms with Crippen LogP contribution in [-0.2, 0) is 14.2 Å². The van der Waals surface area contributed by atoms with E-state index >= 15 is 0 Å². The maximum absolute atomic E-state index is 12.2. The number of aliphatic hydroxyl groups is 1. The lowest BCUT2D eigenvalue weighted by Gasteiger charge is -2.37. The van der Waals surface area contributed by atoms with Crippen LogP contribution in [0.25, 0.3) is 0 Å². The van der Waals surface area contributed by atoms with E-state index in [2.05, 4.69) is 15.9 Å². The summed E-state index contributed by atoms with van der Waals surface area (Å²) < 4.78 is 23.3. The molecule has 3 rings (SSSR count). The molecular formula is C23H34BrNO6. The number of rotatable bonds is 7. The van der Waals surface area contributed by atoms with Gasteiger partial charge in [0.05, 0.1) is 10.6 Å². The SMILES string of the molecule is COC(O)c1ccc(O[C@H]2C[C@H](OCC3CCN(C(=O)OC(C)(C)C)CC3)C2)c(Br)c1. The van der Waals surface area contributed by atoms with Crippen LogP contribution in [0.15, 0.2) is 22.7 Å². The van der Waals surface area contributed by atoms with Crippen molar-refractivity contribution in [3.05, 3.63) is 28.2 Å². The van der Waals surface area contributed by atoms with E-state index in [1.807, 2.05) is 26.8 Å². The smallest absolute Gasteiger partial charge is 0.410 e. The molecule has 7 nitrogen and oxygen atoms in total. The largest absolute Gasteiger partial charge is 0.489 e. The van der Waals surface area contributed by atoms with Gasteiger partial charge in [-0.2, -0.15) is 0 Å². The second-order valence-corrected chi connectivity index (χ2v) is 10.2. The number of amides is 1. The van der Waals surface area contributed by atoms with E-state index in [0.29, 0.717) is 11.5 Å². The van der Waals surface area contributed by atoms with Crippen molar-refractivity contribution in [2.75, 3.05) is 26.8 Å². The molecule has 174 valence electrons. The Morgan fingerprint density at radius 3 is 2.48 bits per heavy atom. The number of likely N-dealkylation sites (tertiary alicyclic amines) is 1. The Labute approximate surface area is 193 Å². The number of hydrogen-bond acceptors (Lipinski definition) is 6. The Bertz CT molecular complexity index is 738. The number of benzene rings is 1. The molecule has 0 spiro atoms. The van der Waals surface area contributed by atoms with Crippen molar-refractivity contribution in [3.8, 4) is 5.75 Å². The van der Waals surface area contributed by atoms with Crippen molar-refractivity contribution in [1.29, 1.82) is 0 Å². The van der Waals surface area contributed by atoms with Crippen LogP contribution < -0.4 is 4.74 Å². The summed E-state index contributed by atoms with van der Waals surface area (Å²) in [6, 6.07) is 5.44. The van der Waals surface area contributed by atoms with Gasteiger partial charge in [-0.05, 0) is 67.6 Å². The number of piperidine rings is 1. The Hall–Kier alpha value is -1.35. The first-order chi connectivity index (χ1) is 14.6. The average molecular weight is 500 g/mol. The molecule has 31 heavy (non-hydrogen) atoms. The lowest BCUT2D eigenvalue weighted by molar-refractivity contribution is -0.0780. The Morgan fingerprint density at radius 1 is 1.23 bits per heavy atom. The number of methoxy groups -OCH3 is 1. The second-order valence-electron chi connectivity index (χ2n) is 9.36. The molecule has 1 aliphatic heterocycles. The molecule has 2 aliphatic rings. The second kappa shape index (κ2) is 10.5. The molecule has 1 atom stereocenters. The predicted octanol–water partition coefficient (Wildman–Crippen LogP) is 4.66. The standard InChI is InChI=1S/C23H34BrNO6/c1-23(2,3)31-22(27)25-9-7-15(8-10-25)14-29-17-12-18(13-17)30-20-6-5-16(11-19(20)24)21(26)28-4/h5-6,11,15,17-18,21,26H,7-10,12-14H2,1-4H3/t17-,18-,21?. The summed E-state index contributed by atoms with van der Waals surface area (Å²) in [5, 5.41) is 9.75. The highest BCUT2D eigenvalue weighted by Crippen LogP contribution is 2.34. The van der Waals surface area contributed by atoms with E-state index in [1.165, 1.54) is 7.11 Å². The highest BCUT2D eigenvalue weighted by molar-refractivity contribution is 9.10. The zero-order valence-electron chi connectivity index (χ0n) is 18.8. The Morgan fingerprint density at radius 2 is 1.90 bits per heavy atom. The van der Waals surface area contributed by atoms with Gasteiger partial charge in [0.25, 0.3) is 0 Å². The van der Waals surface area contributed by atoms with E-state index in [-0.39, 0.29) is 18.3 Å². The summed E-state index contributed by atoms with van der Waals surface area (Å²) in [5.74, 6) is 1.23. The van der Waals surface area contributed by atoms with Crippen molar-refractivity contribution in [2.45, 2.75) is 70.6 Å². The van der Waals surface area contributed by atoms with Crippen molar-refractivity contribution < 1.29 is 28.8 Å². The molecule has 1 aliphatic carbocycles. The van der Waals surface area contributed by atoms with Gasteiger partial charge < -0.3 is 29.0 Å². The van der Waals surface area contributed by atoms with Crippen molar-refractivity contribution in [2.24, 2.45) is 5.92 Å². The topological polar surface area (TPSA) is 77.5 Å². The first kappa shape index (κ1) is 24.3. The van der Waals surface area contributed by atoms with Crippen molar-refractivity contribution >= 4 is 22.0 Å². The maximum atomic E-state index is 12.2. The van der Waals surface area contributed by atoms with Crippen LogP contribution in [0, 0.1) is 5.92 Å². The van der Waals surface area contributed by atoms with Crippen LogP contribution >= 0.6 is 15.9 Å². The summed E-state index contributed by atoms with van der Waals surface area (Å²) in [7, 11) is 1.46. The van der Waals surface area contributed by atoms with Crippen molar-refractivity contribution in [3.63, 3.8) is 0 Å². The average Bonchev–Trinajstić information content (AvgIpc) is 2.69. The zero-order valence-corrected chi connectivity index (χ0v) is 20.4. The third kappa shape index (κ3) is 7.07. The van der Waals surface area contributed by atoms with Crippen LogP contribution in [-0.4, -0.2) is 60.7 Å². The number of ether oxygens (including phenoxy) is 4. The van der Waals surface area contributed by atoms with E-state index in [9.17, 15) is 9.90 Å². The molecule has 1 unspecified atom stereocenters.